The van der Waals surface area contributed by atoms with Crippen molar-refractivity contribution in [1.29, 1.82) is 5.41 Å². The molecule has 2 aromatic heterocycles. The lowest BCUT2D eigenvalue weighted by Gasteiger charge is -2.18. The van der Waals surface area contributed by atoms with Gasteiger partial charge in [-0.2, -0.15) is 18.3 Å². The van der Waals surface area contributed by atoms with E-state index in [1.165, 1.54) is 12.3 Å². The van der Waals surface area contributed by atoms with Crippen LogP contribution in [-0.2, 0) is 11.8 Å². The summed E-state index contributed by atoms with van der Waals surface area (Å²) in [5.74, 6) is -0.675. The second-order valence-corrected chi connectivity index (χ2v) is 9.14. The molecule has 7 nitrogen and oxygen atoms in total. The Morgan fingerprint density at radius 2 is 1.79 bits per heavy atom. The number of carbonyl (C=O) groups excluding carboxylic acids is 1. The maximum Gasteiger partial charge on any atom is 0.417 e. The number of rotatable bonds is 7. The predicted molar refractivity (Wildman–Crippen MR) is 140 cm³/mol. The number of halogens is 3. The molecule has 1 amide bonds. The van der Waals surface area contributed by atoms with Crippen LogP contribution in [0.15, 0.2) is 79.1 Å². The van der Waals surface area contributed by atoms with E-state index in [-0.39, 0.29) is 5.56 Å². The van der Waals surface area contributed by atoms with E-state index in [1.807, 2.05) is 30.3 Å². The standard InChI is InChI=1S/C28H26F3N5O2/c1-27(2,38)19-12-14-36-23(16-19)25(24(35-36)17-7-5-4-6-8-17)34-26(37)18-9-10-21(28(29,30)31)20(15-18)22(32)11-13-33-3/h4-16,32-33,38H,1-3H3,(H,34,37)/b13-11-,32-22?. The van der Waals surface area contributed by atoms with Crippen molar-refractivity contribution in [3.05, 3.63) is 101 Å². The molecule has 38 heavy (non-hydrogen) atoms. The Labute approximate surface area is 217 Å². The molecule has 0 aliphatic rings. The monoisotopic (exact) mass is 521 g/mol. The van der Waals surface area contributed by atoms with Crippen molar-refractivity contribution in [2.45, 2.75) is 25.6 Å². The van der Waals surface area contributed by atoms with E-state index in [2.05, 4.69) is 15.7 Å². The van der Waals surface area contributed by atoms with Gasteiger partial charge in [0.1, 0.15) is 5.69 Å². The number of aliphatic hydroxyl groups is 1. The van der Waals surface area contributed by atoms with Crippen LogP contribution in [0, 0.1) is 5.41 Å². The number of benzene rings is 2. The second-order valence-electron chi connectivity index (χ2n) is 9.14. The Balaban J connectivity index is 1.83. The summed E-state index contributed by atoms with van der Waals surface area (Å²) in [6.45, 7) is 3.26. The molecule has 0 aliphatic heterocycles. The van der Waals surface area contributed by atoms with Crippen molar-refractivity contribution in [2.24, 2.45) is 0 Å². The van der Waals surface area contributed by atoms with Gasteiger partial charge >= 0.3 is 6.18 Å². The molecule has 4 rings (SSSR count). The molecule has 4 N–H and O–H groups in total. The molecule has 4 aromatic rings. The molecular formula is C28H26F3N5O2. The number of pyridine rings is 1. The first kappa shape index (κ1) is 26.6. The van der Waals surface area contributed by atoms with Crippen molar-refractivity contribution in [3.8, 4) is 11.3 Å². The summed E-state index contributed by atoms with van der Waals surface area (Å²) in [6, 6.07) is 15.5. The minimum atomic E-state index is -4.71. The lowest BCUT2D eigenvalue weighted by atomic mass is 9.98. The number of alkyl halides is 3. The summed E-state index contributed by atoms with van der Waals surface area (Å²) in [4.78, 5) is 13.4. The summed E-state index contributed by atoms with van der Waals surface area (Å²) in [5, 5.41) is 28.7. The van der Waals surface area contributed by atoms with Crippen LogP contribution < -0.4 is 10.6 Å². The third-order valence-electron chi connectivity index (χ3n) is 5.92. The molecule has 2 aromatic carbocycles. The van der Waals surface area contributed by atoms with Crippen LogP contribution in [0.4, 0.5) is 18.9 Å². The van der Waals surface area contributed by atoms with Crippen LogP contribution in [0.25, 0.3) is 16.8 Å². The van der Waals surface area contributed by atoms with Crippen LogP contribution >= 0.6 is 0 Å². The SMILES string of the molecule is CN/C=C\C(=N)c1cc(C(=O)Nc2c(-c3ccccc3)nn3ccc(C(C)(C)O)cc23)ccc1C(F)(F)F. The maximum atomic E-state index is 13.6. The number of anilines is 1. The van der Waals surface area contributed by atoms with E-state index in [0.717, 1.165) is 18.2 Å². The number of aromatic nitrogens is 2. The summed E-state index contributed by atoms with van der Waals surface area (Å²) in [7, 11) is 1.56. The van der Waals surface area contributed by atoms with E-state index in [9.17, 15) is 23.1 Å². The van der Waals surface area contributed by atoms with Crippen LogP contribution in [0.5, 0.6) is 0 Å². The third-order valence-corrected chi connectivity index (χ3v) is 5.92. The molecule has 0 unspecified atom stereocenters. The quantitative estimate of drug-likeness (QED) is 0.238. The van der Waals surface area contributed by atoms with Crippen molar-refractivity contribution < 1.29 is 23.1 Å². The highest BCUT2D eigenvalue weighted by molar-refractivity contribution is 6.12. The smallest absolute Gasteiger partial charge is 0.394 e. The van der Waals surface area contributed by atoms with Gasteiger partial charge < -0.3 is 21.1 Å². The van der Waals surface area contributed by atoms with Crippen molar-refractivity contribution in [2.75, 3.05) is 12.4 Å². The summed E-state index contributed by atoms with van der Waals surface area (Å²) < 4.78 is 42.5. The number of allylic oxidation sites excluding steroid dienone is 1. The zero-order chi connectivity index (χ0) is 27.7. The molecule has 0 spiro atoms. The molecule has 0 bridgehead atoms. The van der Waals surface area contributed by atoms with E-state index < -0.39 is 34.5 Å². The number of carbonyl (C=O) groups is 1. The Bertz CT molecular complexity index is 1530. The van der Waals surface area contributed by atoms with Gasteiger partial charge in [-0.15, -0.1) is 0 Å². The fraction of sp³-hybridized carbons (Fsp3) is 0.179. The average molecular weight is 522 g/mol. The topological polar surface area (TPSA) is 103 Å². The fourth-order valence-corrected chi connectivity index (χ4v) is 3.95. The first-order valence-electron chi connectivity index (χ1n) is 11.7. The fourth-order valence-electron chi connectivity index (χ4n) is 3.95. The van der Waals surface area contributed by atoms with E-state index in [1.54, 1.807) is 43.7 Å². The first-order valence-corrected chi connectivity index (χ1v) is 11.7. The Hall–Kier alpha value is -4.44. The van der Waals surface area contributed by atoms with Crippen LogP contribution in [0.2, 0.25) is 0 Å². The minimum absolute atomic E-state index is 0.0624. The van der Waals surface area contributed by atoms with Gasteiger partial charge in [0, 0.05) is 29.9 Å². The normalized spacial score (nSPS) is 12.2. The number of nitrogens with one attached hydrogen (secondary N) is 3. The molecule has 10 heteroatoms. The van der Waals surface area contributed by atoms with Crippen molar-refractivity contribution >= 4 is 22.8 Å². The highest BCUT2D eigenvalue weighted by atomic mass is 19.4. The van der Waals surface area contributed by atoms with Gasteiger partial charge in [-0.1, -0.05) is 30.3 Å². The van der Waals surface area contributed by atoms with Gasteiger partial charge in [-0.3, -0.25) is 4.79 Å². The zero-order valence-corrected chi connectivity index (χ0v) is 20.9. The number of amides is 1. The number of hydrogen-bond donors (Lipinski definition) is 4. The second kappa shape index (κ2) is 10.1. The van der Waals surface area contributed by atoms with Crippen LogP contribution in [0.3, 0.4) is 0 Å². The van der Waals surface area contributed by atoms with Crippen molar-refractivity contribution in [1.82, 2.24) is 14.9 Å². The molecule has 0 saturated heterocycles. The summed E-state index contributed by atoms with van der Waals surface area (Å²) in [6.07, 6.45) is -0.527. The maximum absolute atomic E-state index is 13.6. The Morgan fingerprint density at radius 1 is 1.08 bits per heavy atom. The molecular weight excluding hydrogens is 495 g/mol. The largest absolute Gasteiger partial charge is 0.417 e. The highest BCUT2D eigenvalue weighted by Gasteiger charge is 2.34. The van der Waals surface area contributed by atoms with E-state index in [4.69, 9.17) is 5.41 Å². The molecule has 196 valence electrons. The van der Waals surface area contributed by atoms with Crippen molar-refractivity contribution in [3.63, 3.8) is 0 Å². The van der Waals surface area contributed by atoms with Gasteiger partial charge in [-0.05, 0) is 62.0 Å². The van der Waals surface area contributed by atoms with Gasteiger partial charge in [-0.25, -0.2) is 4.52 Å². The third kappa shape index (κ3) is 5.45. The zero-order valence-electron chi connectivity index (χ0n) is 20.9. The predicted octanol–water partition coefficient (Wildman–Crippen LogP) is 5.60. The van der Waals surface area contributed by atoms with Crippen LogP contribution in [-0.4, -0.2) is 33.4 Å². The van der Waals surface area contributed by atoms with E-state index in [0.29, 0.717) is 28.0 Å². The average Bonchev–Trinajstić information content (AvgIpc) is 3.24. The number of nitrogens with zero attached hydrogens (tertiary/aromatic N) is 2. The van der Waals surface area contributed by atoms with E-state index >= 15 is 0 Å². The van der Waals surface area contributed by atoms with Crippen LogP contribution in [0.1, 0.15) is 40.9 Å². The number of fused-ring (bicyclic) bond motifs is 1. The molecule has 0 aliphatic carbocycles. The molecule has 0 atom stereocenters. The Morgan fingerprint density at radius 3 is 2.42 bits per heavy atom. The minimum Gasteiger partial charge on any atom is -0.394 e. The molecule has 0 radical (unpaired) electrons. The van der Waals surface area contributed by atoms with Gasteiger partial charge in [0.2, 0.25) is 0 Å². The highest BCUT2D eigenvalue weighted by Crippen LogP contribution is 2.35. The lowest BCUT2D eigenvalue weighted by Crippen LogP contribution is -2.17. The summed E-state index contributed by atoms with van der Waals surface area (Å²) >= 11 is 0. The molecule has 2 heterocycles. The van der Waals surface area contributed by atoms with Gasteiger partial charge in [0.15, 0.2) is 0 Å². The number of hydrogen-bond acceptors (Lipinski definition) is 5. The Kier molecular flexibility index (Phi) is 7.10. The summed E-state index contributed by atoms with van der Waals surface area (Å²) in [5.41, 5.74) is -0.505. The van der Waals surface area contributed by atoms with Gasteiger partial charge in [0.25, 0.3) is 5.91 Å². The lowest BCUT2D eigenvalue weighted by molar-refractivity contribution is -0.137. The first-order chi connectivity index (χ1) is 17.9. The molecule has 0 saturated carbocycles. The molecule has 0 fully saturated rings. The van der Waals surface area contributed by atoms with Gasteiger partial charge in [0.05, 0.1) is 28.1 Å².